The molecule has 2 rings (SSSR count). The highest BCUT2D eigenvalue weighted by molar-refractivity contribution is 6.30. The molecule has 0 saturated heterocycles. The summed E-state index contributed by atoms with van der Waals surface area (Å²) in [5, 5.41) is 16.2. The summed E-state index contributed by atoms with van der Waals surface area (Å²) >= 11 is 5.95. The van der Waals surface area contributed by atoms with Crippen LogP contribution in [0.3, 0.4) is 0 Å². The van der Waals surface area contributed by atoms with Crippen LogP contribution in [-0.2, 0) is 4.79 Å². The van der Waals surface area contributed by atoms with Crippen LogP contribution in [0.25, 0.3) is 5.69 Å². The van der Waals surface area contributed by atoms with Crippen LogP contribution in [0.4, 0.5) is 0 Å². The van der Waals surface area contributed by atoms with Gasteiger partial charge in [0, 0.05) is 24.2 Å². The van der Waals surface area contributed by atoms with E-state index in [0.29, 0.717) is 23.6 Å². The molecule has 24 heavy (non-hydrogen) atoms. The highest BCUT2D eigenvalue weighted by atomic mass is 35.5. The number of carboxylic acid groups (broad SMARTS) is 1. The zero-order valence-electron chi connectivity index (χ0n) is 13.2. The minimum atomic E-state index is -0.764. The fraction of sp³-hybridized carbons (Fsp3) is 0.353. The van der Waals surface area contributed by atoms with Crippen LogP contribution in [0.15, 0.2) is 36.7 Å². The maximum absolute atomic E-state index is 12.1. The predicted octanol–water partition coefficient (Wildman–Crippen LogP) is 3.29. The number of rotatable bonds is 9. The first kappa shape index (κ1) is 18.0. The molecule has 2 aromatic rings. The lowest BCUT2D eigenvalue weighted by atomic mass is 10.1. The van der Waals surface area contributed by atoms with Crippen molar-refractivity contribution in [2.24, 2.45) is 0 Å². The average molecular weight is 350 g/mol. The molecule has 0 spiro atoms. The standard InChI is InChI=1S/C17H20ClN3O3/c18-14-6-5-7-15(10-14)21-12-13(11-20-21)17(24)19-9-4-2-1-3-8-16(22)23/h5-7,10-12H,1-4,8-9H2,(H,19,24)(H,22,23). The Morgan fingerprint density at radius 1 is 1.21 bits per heavy atom. The molecule has 7 heteroatoms. The van der Waals surface area contributed by atoms with E-state index < -0.39 is 5.97 Å². The number of benzene rings is 1. The summed E-state index contributed by atoms with van der Waals surface area (Å²) in [6.45, 7) is 0.564. The second-order valence-electron chi connectivity index (χ2n) is 5.47. The Morgan fingerprint density at radius 2 is 2.00 bits per heavy atom. The second kappa shape index (κ2) is 9.08. The van der Waals surface area contributed by atoms with E-state index in [2.05, 4.69) is 10.4 Å². The average Bonchev–Trinajstić information content (AvgIpc) is 3.03. The van der Waals surface area contributed by atoms with Crippen molar-refractivity contribution in [2.75, 3.05) is 6.54 Å². The van der Waals surface area contributed by atoms with Gasteiger partial charge in [-0.05, 0) is 31.0 Å². The fourth-order valence-corrected chi connectivity index (χ4v) is 2.44. The number of aromatic nitrogens is 2. The monoisotopic (exact) mass is 349 g/mol. The van der Waals surface area contributed by atoms with E-state index in [1.54, 1.807) is 23.0 Å². The third-order valence-corrected chi connectivity index (χ3v) is 3.76. The van der Waals surface area contributed by atoms with Crippen LogP contribution < -0.4 is 5.32 Å². The normalized spacial score (nSPS) is 10.5. The van der Waals surface area contributed by atoms with E-state index in [0.717, 1.165) is 24.9 Å². The SMILES string of the molecule is O=C(O)CCCCCCNC(=O)c1cnn(-c2cccc(Cl)c2)c1. The Kier molecular flexibility index (Phi) is 6.81. The van der Waals surface area contributed by atoms with Gasteiger partial charge >= 0.3 is 5.97 Å². The molecule has 2 N–H and O–H groups in total. The molecule has 1 aromatic carbocycles. The Labute approximate surface area is 145 Å². The zero-order valence-corrected chi connectivity index (χ0v) is 14.0. The lowest BCUT2D eigenvalue weighted by molar-refractivity contribution is -0.137. The third kappa shape index (κ3) is 5.70. The fourth-order valence-electron chi connectivity index (χ4n) is 2.26. The first-order chi connectivity index (χ1) is 11.6. The lowest BCUT2D eigenvalue weighted by Crippen LogP contribution is -2.24. The second-order valence-corrected chi connectivity index (χ2v) is 5.90. The number of carbonyl (C=O) groups excluding carboxylic acids is 1. The zero-order chi connectivity index (χ0) is 17.4. The largest absolute Gasteiger partial charge is 0.481 e. The smallest absolute Gasteiger partial charge is 0.303 e. The molecule has 0 fully saturated rings. The molecule has 0 aliphatic heterocycles. The summed E-state index contributed by atoms with van der Waals surface area (Å²) in [5.74, 6) is -0.936. The van der Waals surface area contributed by atoms with E-state index in [1.807, 2.05) is 12.1 Å². The summed E-state index contributed by atoms with van der Waals surface area (Å²) in [6.07, 6.45) is 6.64. The Bertz CT molecular complexity index is 700. The molecule has 0 bridgehead atoms. The van der Waals surface area contributed by atoms with Crippen molar-refractivity contribution in [1.82, 2.24) is 15.1 Å². The van der Waals surface area contributed by atoms with Gasteiger partial charge in [-0.15, -0.1) is 0 Å². The van der Waals surface area contributed by atoms with Crippen molar-refractivity contribution >= 4 is 23.5 Å². The number of nitrogens with one attached hydrogen (secondary N) is 1. The van der Waals surface area contributed by atoms with Crippen molar-refractivity contribution in [1.29, 1.82) is 0 Å². The molecule has 0 atom stereocenters. The molecule has 128 valence electrons. The molecule has 1 amide bonds. The predicted molar refractivity (Wildman–Crippen MR) is 91.6 cm³/mol. The number of aliphatic carboxylic acids is 1. The Morgan fingerprint density at radius 3 is 2.75 bits per heavy atom. The number of carboxylic acids is 1. The minimum Gasteiger partial charge on any atom is -0.481 e. The molecule has 1 heterocycles. The number of unbranched alkanes of at least 4 members (excludes halogenated alkanes) is 3. The maximum atomic E-state index is 12.1. The number of hydrogen-bond acceptors (Lipinski definition) is 3. The molecule has 0 aliphatic rings. The number of nitrogens with zero attached hydrogens (tertiary/aromatic N) is 2. The summed E-state index contributed by atoms with van der Waals surface area (Å²) in [5.41, 5.74) is 1.28. The molecule has 0 radical (unpaired) electrons. The number of hydrogen-bond donors (Lipinski definition) is 2. The van der Waals surface area contributed by atoms with E-state index in [1.165, 1.54) is 6.20 Å². The number of carbonyl (C=O) groups is 2. The van der Waals surface area contributed by atoms with E-state index in [9.17, 15) is 9.59 Å². The molecule has 1 aromatic heterocycles. The van der Waals surface area contributed by atoms with Crippen molar-refractivity contribution in [2.45, 2.75) is 32.1 Å². The maximum Gasteiger partial charge on any atom is 0.303 e. The van der Waals surface area contributed by atoms with Crippen LogP contribution in [-0.4, -0.2) is 33.3 Å². The van der Waals surface area contributed by atoms with Gasteiger partial charge in [-0.2, -0.15) is 5.10 Å². The third-order valence-electron chi connectivity index (χ3n) is 3.52. The van der Waals surface area contributed by atoms with Gasteiger partial charge in [0.2, 0.25) is 0 Å². The molecule has 6 nitrogen and oxygen atoms in total. The molecule has 0 aliphatic carbocycles. The minimum absolute atomic E-state index is 0.172. The first-order valence-corrected chi connectivity index (χ1v) is 8.24. The molecular formula is C17H20ClN3O3. The number of halogens is 1. The lowest BCUT2D eigenvalue weighted by Gasteiger charge is -2.03. The van der Waals surface area contributed by atoms with E-state index in [4.69, 9.17) is 16.7 Å². The van der Waals surface area contributed by atoms with Gasteiger partial charge in [0.15, 0.2) is 0 Å². The Hall–Kier alpha value is -2.34. The van der Waals surface area contributed by atoms with Gasteiger partial charge in [0.1, 0.15) is 0 Å². The Balaban J connectivity index is 1.74. The van der Waals surface area contributed by atoms with E-state index in [-0.39, 0.29) is 12.3 Å². The summed E-state index contributed by atoms with van der Waals surface area (Å²) < 4.78 is 1.60. The van der Waals surface area contributed by atoms with Gasteiger partial charge in [-0.25, -0.2) is 4.68 Å². The van der Waals surface area contributed by atoms with Crippen molar-refractivity contribution < 1.29 is 14.7 Å². The molecular weight excluding hydrogens is 330 g/mol. The van der Waals surface area contributed by atoms with Gasteiger partial charge in [-0.1, -0.05) is 30.5 Å². The van der Waals surface area contributed by atoms with Gasteiger partial charge < -0.3 is 10.4 Å². The number of amides is 1. The molecule has 0 saturated carbocycles. The first-order valence-electron chi connectivity index (χ1n) is 7.87. The molecule has 0 unspecified atom stereocenters. The summed E-state index contributed by atoms with van der Waals surface area (Å²) in [7, 11) is 0. The summed E-state index contributed by atoms with van der Waals surface area (Å²) in [6, 6.07) is 7.23. The highest BCUT2D eigenvalue weighted by Crippen LogP contribution is 2.14. The van der Waals surface area contributed by atoms with Gasteiger partial charge in [-0.3, -0.25) is 9.59 Å². The highest BCUT2D eigenvalue weighted by Gasteiger charge is 2.09. The van der Waals surface area contributed by atoms with Crippen molar-refractivity contribution in [3.63, 3.8) is 0 Å². The van der Waals surface area contributed by atoms with E-state index >= 15 is 0 Å². The van der Waals surface area contributed by atoms with Crippen LogP contribution >= 0.6 is 11.6 Å². The van der Waals surface area contributed by atoms with Crippen molar-refractivity contribution in [3.05, 3.63) is 47.2 Å². The van der Waals surface area contributed by atoms with Gasteiger partial charge in [0.25, 0.3) is 5.91 Å². The van der Waals surface area contributed by atoms with Crippen LogP contribution in [0.5, 0.6) is 0 Å². The van der Waals surface area contributed by atoms with Gasteiger partial charge in [0.05, 0.1) is 17.4 Å². The quantitative estimate of drug-likeness (QED) is 0.680. The van der Waals surface area contributed by atoms with Crippen molar-refractivity contribution in [3.8, 4) is 5.69 Å². The summed E-state index contributed by atoms with van der Waals surface area (Å²) in [4.78, 5) is 22.5. The topological polar surface area (TPSA) is 84.2 Å². The van der Waals surface area contributed by atoms with Crippen LogP contribution in [0.2, 0.25) is 5.02 Å². The van der Waals surface area contributed by atoms with Crippen LogP contribution in [0.1, 0.15) is 42.5 Å². The van der Waals surface area contributed by atoms with Crippen LogP contribution in [0, 0.1) is 0 Å².